The number of carboxylic acids is 2. The van der Waals surface area contributed by atoms with Gasteiger partial charge in [-0.1, -0.05) is 133 Å². The van der Waals surface area contributed by atoms with Gasteiger partial charge in [0.1, 0.15) is 0 Å². The number of piperidine rings is 6. The molecule has 3 aromatic heterocycles. The number of hydrogen-bond donors (Lipinski definition) is 3. The average Bonchev–Trinajstić information content (AvgIpc) is 1.74. The molecule has 26 nitrogen and oxygen atoms in total. The molecule has 12 aliphatic rings. The number of aliphatic carboxylic acids is 1. The van der Waals surface area contributed by atoms with Gasteiger partial charge in [0.25, 0.3) is 28.5 Å². The summed E-state index contributed by atoms with van der Waals surface area (Å²) in [7, 11) is 0. The minimum absolute atomic E-state index is 0. The van der Waals surface area contributed by atoms with Crippen molar-refractivity contribution in [2.45, 2.75) is 337 Å². The Hall–Kier alpha value is -7.30. The molecule has 9 aliphatic heterocycles. The second kappa shape index (κ2) is 43.1. The Bertz CT molecular complexity index is 4660. The molecule has 0 radical (unpaired) electrons. The molecule has 4 N–H and O–H groups in total. The summed E-state index contributed by atoms with van der Waals surface area (Å²) in [5.41, 5.74) is 2.98. The summed E-state index contributed by atoms with van der Waals surface area (Å²) in [6.45, 7) is 7.96. The zero-order valence-corrected chi connectivity index (χ0v) is 74.1. The molecular formula is C94H131N12NaO14. The number of nitrogens with one attached hydrogen (secondary N) is 1. The second-order valence-electron chi connectivity index (χ2n) is 36.5. The van der Waals surface area contributed by atoms with Gasteiger partial charge in [-0.15, -0.1) is 0 Å². The summed E-state index contributed by atoms with van der Waals surface area (Å²) in [6, 6.07) is 28.1. The van der Waals surface area contributed by atoms with E-state index in [4.69, 9.17) is 9.47 Å². The van der Waals surface area contributed by atoms with E-state index < -0.39 is 23.4 Å². The number of nitrogens with zero attached hydrogens (tertiary/aromatic N) is 11. The van der Waals surface area contributed by atoms with Gasteiger partial charge in [0.2, 0.25) is 5.69 Å². The minimum Gasteiger partial charge on any atom is -0.870 e. The summed E-state index contributed by atoms with van der Waals surface area (Å²) in [4.78, 5) is 140. The van der Waals surface area contributed by atoms with Crippen LogP contribution in [0.25, 0.3) is 33.1 Å². The van der Waals surface area contributed by atoms with Crippen LogP contribution < -0.4 is 51.6 Å². The third-order valence-corrected chi connectivity index (χ3v) is 29.4. The van der Waals surface area contributed by atoms with Crippen molar-refractivity contribution < 1.29 is 83.5 Å². The quantitative estimate of drug-likeness (QED) is 0.0674. The SMILES string of the molecule is CCOC(=O)C1CCN(C(=O)c2nc3ccccc3n(C3C[C@H]4CC[C@@H](C3)N4C3CCCCCCC3)c2=O)CC1.CCOC(=O)C1CCNCC1.O=C(O)C1CCN(C(=O)c2nc3ccccc3n(C3C[C@H]4CC[C@@H](C3)N4C3CCCCCCC3)c2=O)CC1.O=C(O)c1nc2ccccc2n(C2C[C@H]3CC[C@@H](C2)N3C2CCCCCCC2)c1=O.[Na+].[OH-]. The number of likely N-dealkylation sites (tertiary alicyclic amines) is 2. The van der Waals surface area contributed by atoms with E-state index in [0.717, 1.165) is 81.0 Å². The molecule has 2 amide bonds. The smallest absolute Gasteiger partial charge is 0.870 e. The number of para-hydroxylation sites is 6. The van der Waals surface area contributed by atoms with Gasteiger partial charge in [0, 0.05) is 98.7 Å². The first-order chi connectivity index (χ1) is 58.0. The summed E-state index contributed by atoms with van der Waals surface area (Å²) >= 11 is 0. The van der Waals surface area contributed by atoms with Crippen LogP contribution >= 0.6 is 0 Å². The third-order valence-electron chi connectivity index (χ3n) is 29.4. The third kappa shape index (κ3) is 21.0. The van der Waals surface area contributed by atoms with E-state index in [1.54, 1.807) is 27.4 Å². The molecule has 6 aromatic rings. The molecule has 6 bridgehead atoms. The number of carboxylic acid groups (broad SMARTS) is 2. The van der Waals surface area contributed by atoms with Crippen LogP contribution in [-0.4, -0.2) is 211 Å². The van der Waals surface area contributed by atoms with Crippen LogP contribution in [0.2, 0.25) is 0 Å². The molecule has 12 heterocycles. The van der Waals surface area contributed by atoms with E-state index in [9.17, 15) is 53.4 Å². The predicted octanol–water partition coefficient (Wildman–Crippen LogP) is 11.5. The van der Waals surface area contributed by atoms with E-state index in [1.165, 1.54) is 173 Å². The zero-order valence-electron chi connectivity index (χ0n) is 72.1. The van der Waals surface area contributed by atoms with Crippen molar-refractivity contribution in [1.82, 2.24) is 58.5 Å². The van der Waals surface area contributed by atoms with Gasteiger partial charge in [-0.05, 0) is 217 Å². The molecule has 27 heteroatoms. The number of benzene rings is 3. The standard InChI is InChI=1S/C32H44N4O4.C30H40N4O4.C24H31N3O3.C8H15NO2.Na.H2O/c1-2-40-32(39)22-16-18-34(19-17-22)30(37)29-31(38)36(28-13-9-8-12-27(28)33-29)26-20-24-14-15-25(21-26)35(24)23-10-6-4-3-5-7-11-23;35-28(32-16-14-20(15-17-32)30(37)38)27-29(36)34(26-11-7-6-10-25(26)31-27)24-18-22-12-13-23(19-24)33(22)21-8-4-2-1-3-5-9-21;28-23-22(24(29)30)25-20-10-6-7-11-21(20)27(23)19-14-17-12-13-18(15-19)26(17)16-8-4-2-1-3-5-9-16;1-2-11-8(10)7-3-5-9-6-4-7;;/h8-9,12-13,22-26H,2-7,10-11,14-21H2,1H3;6-7,10-11,20-24H,1-5,8-9,12-19H2,(H,37,38);6-7,10-11,16-19H,1-5,8-9,12-15H2,(H,29,30);7,9H,2-6H2,1H3;;1H2/q;;;;+1;/p-1/t24-,25+,26?;22-,23+,24?;17-,18+,19?;;;. The molecule has 0 spiro atoms. The van der Waals surface area contributed by atoms with Crippen LogP contribution in [0.4, 0.5) is 0 Å². The summed E-state index contributed by atoms with van der Waals surface area (Å²) < 4.78 is 15.7. The van der Waals surface area contributed by atoms with E-state index in [-0.39, 0.29) is 117 Å². The average molecular weight is 1680 g/mol. The van der Waals surface area contributed by atoms with Crippen LogP contribution in [-0.2, 0) is 23.9 Å². The monoisotopic (exact) mass is 1670 g/mol. The molecule has 9 atom stereocenters. The Morgan fingerprint density at radius 1 is 0.355 bits per heavy atom. The Kier molecular flexibility index (Phi) is 32.5. The van der Waals surface area contributed by atoms with Crippen molar-refractivity contribution in [3.63, 3.8) is 0 Å². The van der Waals surface area contributed by atoms with Crippen molar-refractivity contribution >= 4 is 68.8 Å². The normalized spacial score (nSPS) is 26.4. The van der Waals surface area contributed by atoms with Crippen LogP contribution in [0.1, 0.15) is 314 Å². The number of carbonyl (C=O) groups excluding carboxylic acids is 4. The van der Waals surface area contributed by atoms with Crippen LogP contribution in [0.5, 0.6) is 0 Å². The zero-order chi connectivity index (χ0) is 82.6. The van der Waals surface area contributed by atoms with Crippen LogP contribution in [0.15, 0.2) is 87.2 Å². The number of aromatic carboxylic acids is 1. The Balaban J connectivity index is 0.000000147. The molecule has 3 aliphatic carbocycles. The second-order valence-corrected chi connectivity index (χ2v) is 36.5. The van der Waals surface area contributed by atoms with Gasteiger partial charge < -0.3 is 54.0 Å². The first-order valence-electron chi connectivity index (χ1n) is 46.5. The maximum absolute atomic E-state index is 14.1. The molecule has 3 unspecified atom stereocenters. The fourth-order valence-electron chi connectivity index (χ4n) is 23.7. The maximum Gasteiger partial charge on any atom is 1.00 e. The van der Waals surface area contributed by atoms with Gasteiger partial charge in [-0.25, -0.2) is 19.7 Å². The van der Waals surface area contributed by atoms with Gasteiger partial charge in [-0.3, -0.25) is 53.1 Å². The van der Waals surface area contributed by atoms with Crippen molar-refractivity contribution in [2.75, 3.05) is 52.5 Å². The summed E-state index contributed by atoms with van der Waals surface area (Å²) in [6.07, 6.45) is 44.7. The fourth-order valence-corrected chi connectivity index (χ4v) is 23.7. The molecule has 18 rings (SSSR count). The Morgan fingerprint density at radius 3 is 0.926 bits per heavy atom. The van der Waals surface area contributed by atoms with Gasteiger partial charge in [0.15, 0.2) is 11.4 Å². The first-order valence-corrected chi connectivity index (χ1v) is 46.5. The first kappa shape index (κ1) is 91.4. The van der Waals surface area contributed by atoms with Gasteiger partial charge in [0.05, 0.1) is 64.1 Å². The number of amides is 2. The van der Waals surface area contributed by atoms with Crippen LogP contribution in [0, 0.1) is 17.8 Å². The number of rotatable bonds is 14. The number of hydrogen-bond acceptors (Lipinski definition) is 19. The van der Waals surface area contributed by atoms with E-state index >= 15 is 0 Å². The molecular weight excluding hydrogens is 1540 g/mol. The summed E-state index contributed by atoms with van der Waals surface area (Å²) in [5.74, 6) is -3.43. The Labute approximate surface area is 734 Å². The molecule has 12 fully saturated rings. The summed E-state index contributed by atoms with van der Waals surface area (Å²) in [5, 5.41) is 22.1. The van der Waals surface area contributed by atoms with E-state index in [1.807, 2.05) is 82.8 Å². The predicted molar refractivity (Wildman–Crippen MR) is 460 cm³/mol. The van der Waals surface area contributed by atoms with Crippen molar-refractivity contribution in [3.05, 3.63) is 121 Å². The fraction of sp³-hybridized carbons (Fsp3) is 0.681. The molecule has 652 valence electrons. The van der Waals surface area contributed by atoms with Crippen molar-refractivity contribution in [3.8, 4) is 0 Å². The maximum atomic E-state index is 14.1. The van der Waals surface area contributed by atoms with Gasteiger partial charge in [-0.2, -0.15) is 0 Å². The minimum atomic E-state index is -1.24. The largest absolute Gasteiger partial charge is 1.00 e. The number of ether oxygens (including phenoxy) is 2. The number of aromatic nitrogens is 6. The number of carbonyl (C=O) groups is 6. The molecule has 3 saturated carbocycles. The van der Waals surface area contributed by atoms with E-state index in [0.29, 0.717) is 136 Å². The van der Waals surface area contributed by atoms with Crippen molar-refractivity contribution in [1.29, 1.82) is 0 Å². The molecule has 9 saturated heterocycles. The molecule has 121 heavy (non-hydrogen) atoms. The Morgan fingerprint density at radius 2 is 0.628 bits per heavy atom. The number of fused-ring (bicyclic) bond motifs is 9. The topological polar surface area (TPSA) is 324 Å². The number of esters is 2. The van der Waals surface area contributed by atoms with Crippen LogP contribution in [0.3, 0.4) is 0 Å². The molecule has 3 aromatic carbocycles. The van der Waals surface area contributed by atoms with E-state index in [2.05, 4.69) is 35.0 Å². The van der Waals surface area contributed by atoms with Crippen molar-refractivity contribution in [2.24, 2.45) is 17.8 Å². The van der Waals surface area contributed by atoms with Gasteiger partial charge >= 0.3 is 53.4 Å².